The van der Waals surface area contributed by atoms with E-state index >= 15 is 0 Å². The molecule has 10 heteroatoms. The summed E-state index contributed by atoms with van der Waals surface area (Å²) in [6.45, 7) is 1.71. The van der Waals surface area contributed by atoms with Crippen LogP contribution in [0.1, 0.15) is 34.6 Å². The van der Waals surface area contributed by atoms with Gasteiger partial charge in [-0.2, -0.15) is 0 Å². The van der Waals surface area contributed by atoms with E-state index in [-0.39, 0.29) is 28.6 Å². The molecule has 3 aromatic heterocycles. The standard InChI is InChI=1S/C23H21F2N7O/c1-13(15-3-4-17(25)21-16(23(33)26-2)5-6-27-22(15)21)9-28-19-7-18(31-12-32-19)14-10-29-20(8-24)30-11-14/h3-7,10-13H,8-9H2,1-2H3,(H,26,33)(H,28,31,32)/t13-/m1/s1. The van der Waals surface area contributed by atoms with E-state index in [1.165, 1.54) is 44.1 Å². The summed E-state index contributed by atoms with van der Waals surface area (Å²) in [6.07, 6.45) is 5.94. The average molecular weight is 449 g/mol. The first-order valence-electron chi connectivity index (χ1n) is 10.2. The number of carbonyl (C=O) groups excluding carboxylic acids is 1. The second-order valence-electron chi connectivity index (χ2n) is 7.39. The number of nitrogens with zero attached hydrogens (tertiary/aromatic N) is 5. The van der Waals surface area contributed by atoms with Crippen molar-refractivity contribution < 1.29 is 13.6 Å². The highest BCUT2D eigenvalue weighted by atomic mass is 19.1. The molecule has 4 aromatic rings. The number of benzene rings is 1. The summed E-state index contributed by atoms with van der Waals surface area (Å²) in [6, 6.07) is 6.28. The molecule has 0 saturated heterocycles. The zero-order valence-electron chi connectivity index (χ0n) is 18.0. The number of halogens is 2. The molecule has 33 heavy (non-hydrogen) atoms. The van der Waals surface area contributed by atoms with Crippen molar-refractivity contribution in [2.24, 2.45) is 0 Å². The molecule has 8 nitrogen and oxygen atoms in total. The lowest BCUT2D eigenvalue weighted by Crippen LogP contribution is -2.19. The summed E-state index contributed by atoms with van der Waals surface area (Å²) in [5.74, 6) is -0.263. The number of anilines is 1. The Labute approximate surface area is 188 Å². The van der Waals surface area contributed by atoms with Gasteiger partial charge < -0.3 is 10.6 Å². The lowest BCUT2D eigenvalue weighted by molar-refractivity contribution is 0.0964. The number of aromatic nitrogens is 5. The predicted octanol–water partition coefficient (Wildman–Crippen LogP) is 3.67. The molecule has 3 heterocycles. The lowest BCUT2D eigenvalue weighted by Gasteiger charge is -2.17. The first-order chi connectivity index (χ1) is 16.0. The van der Waals surface area contributed by atoms with Gasteiger partial charge in [-0.3, -0.25) is 9.78 Å². The van der Waals surface area contributed by atoms with E-state index in [9.17, 15) is 13.6 Å². The summed E-state index contributed by atoms with van der Waals surface area (Å²) in [5.41, 5.74) is 2.72. The SMILES string of the molecule is CNC(=O)c1ccnc2c([C@H](C)CNc3cc(-c4cnc(CF)nc4)ncn3)ccc(F)c12. The second-order valence-corrected chi connectivity index (χ2v) is 7.39. The van der Waals surface area contributed by atoms with E-state index in [2.05, 4.69) is 35.6 Å². The summed E-state index contributed by atoms with van der Waals surface area (Å²) in [4.78, 5) is 32.9. The molecule has 0 spiro atoms. The monoisotopic (exact) mass is 449 g/mol. The fraction of sp³-hybridized carbons (Fsp3) is 0.217. The Balaban J connectivity index is 1.56. The number of hydrogen-bond donors (Lipinski definition) is 2. The van der Waals surface area contributed by atoms with Crippen LogP contribution in [0.3, 0.4) is 0 Å². The van der Waals surface area contributed by atoms with Gasteiger partial charge in [0.05, 0.1) is 16.8 Å². The smallest absolute Gasteiger partial charge is 0.251 e. The first-order valence-corrected chi connectivity index (χ1v) is 10.2. The molecule has 0 fully saturated rings. The Bertz CT molecular complexity index is 1300. The van der Waals surface area contributed by atoms with Crippen LogP contribution in [-0.2, 0) is 6.67 Å². The molecule has 0 saturated carbocycles. The Morgan fingerprint density at radius 3 is 2.61 bits per heavy atom. The van der Waals surface area contributed by atoms with Crippen molar-refractivity contribution in [1.29, 1.82) is 0 Å². The van der Waals surface area contributed by atoms with Gasteiger partial charge in [0.25, 0.3) is 5.91 Å². The topological polar surface area (TPSA) is 106 Å². The van der Waals surface area contributed by atoms with Gasteiger partial charge >= 0.3 is 0 Å². The van der Waals surface area contributed by atoms with E-state index in [0.29, 0.717) is 29.1 Å². The zero-order valence-corrected chi connectivity index (χ0v) is 18.0. The number of amides is 1. The van der Waals surface area contributed by atoms with Crippen molar-refractivity contribution in [3.63, 3.8) is 0 Å². The quantitative estimate of drug-likeness (QED) is 0.443. The molecule has 0 aliphatic heterocycles. The molecule has 0 radical (unpaired) electrons. The van der Waals surface area contributed by atoms with Crippen molar-refractivity contribution in [1.82, 2.24) is 30.2 Å². The number of nitrogens with one attached hydrogen (secondary N) is 2. The van der Waals surface area contributed by atoms with Gasteiger partial charge in [0.15, 0.2) is 5.82 Å². The fourth-order valence-electron chi connectivity index (χ4n) is 3.50. The lowest BCUT2D eigenvalue weighted by atomic mass is 9.95. The molecular formula is C23H21F2N7O. The molecular weight excluding hydrogens is 428 g/mol. The van der Waals surface area contributed by atoms with Crippen LogP contribution in [0.2, 0.25) is 0 Å². The van der Waals surface area contributed by atoms with Gasteiger partial charge in [0, 0.05) is 55.1 Å². The zero-order chi connectivity index (χ0) is 23.4. The number of pyridine rings is 1. The molecule has 0 unspecified atom stereocenters. The average Bonchev–Trinajstić information content (AvgIpc) is 2.87. The van der Waals surface area contributed by atoms with Gasteiger partial charge in [-0.25, -0.2) is 28.7 Å². The van der Waals surface area contributed by atoms with Crippen LogP contribution in [0.25, 0.3) is 22.2 Å². The summed E-state index contributed by atoms with van der Waals surface area (Å²) < 4.78 is 27.2. The molecule has 2 N–H and O–H groups in total. The Morgan fingerprint density at radius 2 is 1.88 bits per heavy atom. The van der Waals surface area contributed by atoms with E-state index in [1.807, 2.05) is 6.92 Å². The number of alkyl halides is 1. The van der Waals surface area contributed by atoms with Crippen LogP contribution >= 0.6 is 0 Å². The van der Waals surface area contributed by atoms with Gasteiger partial charge in [0.2, 0.25) is 0 Å². The molecule has 1 aromatic carbocycles. The minimum atomic E-state index is -0.730. The third-order valence-corrected chi connectivity index (χ3v) is 5.25. The normalized spacial score (nSPS) is 11.9. The molecule has 1 amide bonds. The maximum absolute atomic E-state index is 14.6. The van der Waals surface area contributed by atoms with Crippen molar-refractivity contribution >= 4 is 22.6 Å². The minimum Gasteiger partial charge on any atom is -0.369 e. The van der Waals surface area contributed by atoms with Crippen LogP contribution in [0.4, 0.5) is 14.6 Å². The van der Waals surface area contributed by atoms with E-state index in [4.69, 9.17) is 0 Å². The maximum atomic E-state index is 14.6. The molecule has 4 rings (SSSR count). The Kier molecular flexibility index (Phi) is 6.43. The van der Waals surface area contributed by atoms with Crippen molar-refractivity contribution in [3.05, 3.63) is 72.0 Å². The summed E-state index contributed by atoms with van der Waals surface area (Å²) in [7, 11) is 1.50. The van der Waals surface area contributed by atoms with E-state index in [1.54, 1.807) is 12.1 Å². The molecule has 0 aliphatic carbocycles. The predicted molar refractivity (Wildman–Crippen MR) is 120 cm³/mol. The molecule has 0 aliphatic rings. The number of rotatable bonds is 7. The van der Waals surface area contributed by atoms with Gasteiger partial charge in [-0.1, -0.05) is 13.0 Å². The number of fused-ring (bicyclic) bond motifs is 1. The van der Waals surface area contributed by atoms with Crippen LogP contribution in [0, 0.1) is 5.82 Å². The maximum Gasteiger partial charge on any atom is 0.251 e. The third-order valence-electron chi connectivity index (χ3n) is 5.25. The van der Waals surface area contributed by atoms with Gasteiger partial charge in [-0.05, 0) is 17.7 Å². The minimum absolute atomic E-state index is 0.0777. The highest BCUT2D eigenvalue weighted by molar-refractivity contribution is 6.06. The van der Waals surface area contributed by atoms with Crippen molar-refractivity contribution in [3.8, 4) is 11.3 Å². The third kappa shape index (κ3) is 4.59. The van der Waals surface area contributed by atoms with Gasteiger partial charge in [-0.15, -0.1) is 0 Å². The van der Waals surface area contributed by atoms with Crippen molar-refractivity contribution in [2.75, 3.05) is 18.9 Å². The Morgan fingerprint density at radius 1 is 1.09 bits per heavy atom. The van der Waals surface area contributed by atoms with Crippen LogP contribution < -0.4 is 10.6 Å². The summed E-state index contributed by atoms with van der Waals surface area (Å²) in [5, 5.41) is 5.98. The summed E-state index contributed by atoms with van der Waals surface area (Å²) >= 11 is 0. The number of carbonyl (C=O) groups is 1. The van der Waals surface area contributed by atoms with Gasteiger partial charge in [0.1, 0.15) is 24.6 Å². The highest BCUT2D eigenvalue weighted by Gasteiger charge is 2.18. The second kappa shape index (κ2) is 9.60. The first kappa shape index (κ1) is 22.1. The van der Waals surface area contributed by atoms with Crippen molar-refractivity contribution in [2.45, 2.75) is 19.5 Å². The highest BCUT2D eigenvalue weighted by Crippen LogP contribution is 2.29. The van der Waals surface area contributed by atoms with Crippen LogP contribution in [0.5, 0.6) is 0 Å². The Hall–Kier alpha value is -4.08. The van der Waals surface area contributed by atoms with E-state index in [0.717, 1.165) is 5.56 Å². The van der Waals surface area contributed by atoms with Crippen LogP contribution in [-0.4, -0.2) is 44.4 Å². The van der Waals surface area contributed by atoms with Crippen LogP contribution in [0.15, 0.2) is 49.2 Å². The molecule has 0 bridgehead atoms. The number of hydrogen-bond acceptors (Lipinski definition) is 7. The van der Waals surface area contributed by atoms with E-state index < -0.39 is 12.5 Å². The largest absolute Gasteiger partial charge is 0.369 e. The fourth-order valence-corrected chi connectivity index (χ4v) is 3.50. The molecule has 168 valence electrons. The molecule has 1 atom stereocenters.